The molecule has 4 rings (SSSR count). The summed E-state index contributed by atoms with van der Waals surface area (Å²) < 4.78 is 54.9. The van der Waals surface area contributed by atoms with Crippen molar-refractivity contribution in [3.8, 4) is 11.5 Å². The van der Waals surface area contributed by atoms with Crippen molar-refractivity contribution in [2.45, 2.75) is 37.2 Å². The number of methoxy groups -OCH3 is 2. The Labute approximate surface area is 283 Å². The zero-order chi connectivity index (χ0) is 34.0. The molecule has 0 fully saturated rings. The summed E-state index contributed by atoms with van der Waals surface area (Å²) in [7, 11) is -1.62. The van der Waals surface area contributed by atoms with Crippen LogP contribution < -0.4 is 19.1 Å². The number of anilines is 1. The maximum Gasteiger partial charge on any atom is 0.264 e. The summed E-state index contributed by atoms with van der Waals surface area (Å²) in [6.07, 6.45) is 0.879. The van der Waals surface area contributed by atoms with Crippen molar-refractivity contribution in [2.24, 2.45) is 0 Å². The number of rotatable bonds is 15. The largest absolute Gasteiger partial charge is 0.493 e. The van der Waals surface area contributed by atoms with E-state index in [1.54, 1.807) is 0 Å². The van der Waals surface area contributed by atoms with Crippen molar-refractivity contribution in [3.05, 3.63) is 118 Å². The molecule has 0 spiro atoms. The number of carbonyl (C=O) groups excluding carboxylic acids is 2. The number of benzene rings is 4. The van der Waals surface area contributed by atoms with E-state index in [0.29, 0.717) is 18.7 Å². The van der Waals surface area contributed by atoms with Gasteiger partial charge in [0, 0.05) is 30.0 Å². The normalized spacial score (nSPS) is 11.8. The summed E-state index contributed by atoms with van der Waals surface area (Å²) in [6.45, 7) is 1.68. The van der Waals surface area contributed by atoms with Gasteiger partial charge >= 0.3 is 0 Å². The van der Waals surface area contributed by atoms with Crippen LogP contribution in [-0.4, -0.2) is 58.5 Å². The van der Waals surface area contributed by atoms with Gasteiger partial charge in [0.2, 0.25) is 11.8 Å². The van der Waals surface area contributed by atoms with Gasteiger partial charge in [-0.25, -0.2) is 12.8 Å². The van der Waals surface area contributed by atoms with Gasteiger partial charge in [0.15, 0.2) is 11.5 Å². The summed E-state index contributed by atoms with van der Waals surface area (Å²) >= 11 is 3.43. The van der Waals surface area contributed by atoms with Crippen LogP contribution >= 0.6 is 15.9 Å². The molecule has 2 amide bonds. The van der Waals surface area contributed by atoms with Gasteiger partial charge in [0.1, 0.15) is 18.4 Å². The first-order chi connectivity index (χ1) is 22.6. The van der Waals surface area contributed by atoms with Crippen LogP contribution in [0.4, 0.5) is 10.1 Å². The lowest BCUT2D eigenvalue weighted by atomic mass is 10.0. The molecular weight excluding hydrogens is 689 g/mol. The fourth-order valence-corrected chi connectivity index (χ4v) is 6.64. The van der Waals surface area contributed by atoms with Crippen LogP contribution in [0.15, 0.2) is 106 Å². The third kappa shape index (κ3) is 9.11. The van der Waals surface area contributed by atoms with Crippen LogP contribution in [0.25, 0.3) is 0 Å². The average molecular weight is 727 g/mol. The fraction of sp³-hybridized carbons (Fsp3) is 0.257. The van der Waals surface area contributed by atoms with Gasteiger partial charge in [0.25, 0.3) is 10.0 Å². The Balaban J connectivity index is 1.81. The fourth-order valence-electron chi connectivity index (χ4n) is 4.95. The summed E-state index contributed by atoms with van der Waals surface area (Å²) in [6, 6.07) is 24.5. The van der Waals surface area contributed by atoms with Gasteiger partial charge in [-0.1, -0.05) is 65.3 Å². The molecule has 0 radical (unpaired) electrons. The van der Waals surface area contributed by atoms with E-state index in [1.165, 1.54) is 49.5 Å². The first-order valence-electron chi connectivity index (χ1n) is 14.9. The van der Waals surface area contributed by atoms with Crippen LogP contribution in [0.3, 0.4) is 0 Å². The SMILES string of the molecule is CCCNC(=O)[C@@H](Cc1ccccc1)N(Cc1ccc(Br)cc1)C(=O)CN(c1ccc(F)cc1)S(=O)(=O)c1ccc(OC)c(OC)c1. The van der Waals surface area contributed by atoms with Gasteiger partial charge in [-0.15, -0.1) is 0 Å². The first-order valence-corrected chi connectivity index (χ1v) is 17.2. The van der Waals surface area contributed by atoms with Crippen LogP contribution in [-0.2, 0) is 32.6 Å². The van der Waals surface area contributed by atoms with Gasteiger partial charge in [-0.05, 0) is 66.1 Å². The van der Waals surface area contributed by atoms with Crippen molar-refractivity contribution in [1.82, 2.24) is 10.2 Å². The van der Waals surface area contributed by atoms with Crippen molar-refractivity contribution in [3.63, 3.8) is 0 Å². The number of nitrogens with zero attached hydrogens (tertiary/aromatic N) is 2. The highest BCUT2D eigenvalue weighted by Crippen LogP contribution is 2.32. The molecule has 1 N–H and O–H groups in total. The maximum absolute atomic E-state index is 14.5. The molecule has 1 atom stereocenters. The Kier molecular flexibility index (Phi) is 12.4. The molecule has 4 aromatic carbocycles. The van der Waals surface area contributed by atoms with Gasteiger partial charge in [-0.3, -0.25) is 13.9 Å². The molecule has 9 nitrogen and oxygen atoms in total. The highest BCUT2D eigenvalue weighted by atomic mass is 79.9. The van der Waals surface area contributed by atoms with Crippen LogP contribution in [0.2, 0.25) is 0 Å². The quantitative estimate of drug-likeness (QED) is 0.162. The third-order valence-electron chi connectivity index (χ3n) is 7.42. The Morgan fingerprint density at radius 1 is 0.872 bits per heavy atom. The monoisotopic (exact) mass is 725 g/mol. The molecular formula is C35H37BrFN3O6S. The molecule has 0 aliphatic rings. The minimum Gasteiger partial charge on any atom is -0.493 e. The summed E-state index contributed by atoms with van der Waals surface area (Å²) in [5.41, 5.74) is 1.62. The van der Waals surface area contributed by atoms with Crippen LogP contribution in [0.5, 0.6) is 11.5 Å². The van der Waals surface area contributed by atoms with Crippen molar-refractivity contribution in [2.75, 3.05) is 31.6 Å². The topological polar surface area (TPSA) is 105 Å². The molecule has 12 heteroatoms. The lowest BCUT2D eigenvalue weighted by molar-refractivity contribution is -0.140. The van der Waals surface area contributed by atoms with E-state index in [2.05, 4.69) is 21.2 Å². The number of nitrogens with one attached hydrogen (secondary N) is 1. The number of sulfonamides is 1. The Hall–Kier alpha value is -4.42. The smallest absolute Gasteiger partial charge is 0.264 e. The molecule has 0 saturated carbocycles. The van der Waals surface area contributed by atoms with Gasteiger partial charge < -0.3 is 19.7 Å². The lowest BCUT2D eigenvalue weighted by Crippen LogP contribution is -2.53. The number of ether oxygens (including phenoxy) is 2. The Morgan fingerprint density at radius 2 is 1.53 bits per heavy atom. The second-order valence-corrected chi connectivity index (χ2v) is 13.4. The zero-order valence-corrected chi connectivity index (χ0v) is 28.8. The number of hydrogen-bond donors (Lipinski definition) is 1. The highest BCUT2D eigenvalue weighted by molar-refractivity contribution is 9.10. The zero-order valence-electron chi connectivity index (χ0n) is 26.4. The van der Waals surface area contributed by atoms with E-state index in [0.717, 1.165) is 32.0 Å². The number of halogens is 2. The van der Waals surface area contributed by atoms with E-state index in [9.17, 15) is 22.4 Å². The predicted octanol–water partition coefficient (Wildman–Crippen LogP) is 5.97. The molecule has 248 valence electrons. The van der Waals surface area contributed by atoms with E-state index < -0.39 is 34.3 Å². The van der Waals surface area contributed by atoms with Crippen molar-refractivity contribution < 1.29 is 31.9 Å². The van der Waals surface area contributed by atoms with Crippen LogP contribution in [0, 0.1) is 5.82 Å². The lowest BCUT2D eigenvalue weighted by Gasteiger charge is -2.34. The summed E-state index contributed by atoms with van der Waals surface area (Å²) in [5.74, 6) is -1.08. The first kappa shape index (κ1) is 35.4. The maximum atomic E-state index is 14.5. The second kappa shape index (κ2) is 16.4. The van der Waals surface area contributed by atoms with E-state index in [1.807, 2.05) is 61.5 Å². The molecule has 0 bridgehead atoms. The second-order valence-electron chi connectivity index (χ2n) is 10.6. The Morgan fingerprint density at radius 3 is 2.15 bits per heavy atom. The molecule has 0 heterocycles. The molecule has 0 aliphatic heterocycles. The van der Waals surface area contributed by atoms with Gasteiger partial charge in [0.05, 0.1) is 24.8 Å². The van der Waals surface area contributed by atoms with Gasteiger partial charge in [-0.2, -0.15) is 0 Å². The molecule has 47 heavy (non-hydrogen) atoms. The molecule has 0 aliphatic carbocycles. The van der Waals surface area contributed by atoms with Crippen LogP contribution in [0.1, 0.15) is 24.5 Å². The van der Waals surface area contributed by atoms with E-state index in [4.69, 9.17) is 9.47 Å². The van der Waals surface area contributed by atoms with Crippen molar-refractivity contribution >= 4 is 43.5 Å². The Bertz CT molecular complexity index is 1760. The molecule has 4 aromatic rings. The third-order valence-corrected chi connectivity index (χ3v) is 9.72. The molecule has 0 aromatic heterocycles. The van der Waals surface area contributed by atoms with E-state index in [-0.39, 0.29) is 35.2 Å². The number of amides is 2. The van der Waals surface area contributed by atoms with E-state index >= 15 is 0 Å². The molecule has 0 unspecified atom stereocenters. The number of hydrogen-bond acceptors (Lipinski definition) is 6. The minimum atomic E-state index is -4.43. The highest BCUT2D eigenvalue weighted by Gasteiger charge is 2.35. The standard InChI is InChI=1S/C35H37BrFN3O6S/c1-4-20-38-35(42)31(21-25-8-6-5-7-9-25)39(23-26-10-12-27(36)13-11-26)34(41)24-40(29-16-14-28(37)15-17-29)47(43,44)30-18-19-32(45-2)33(22-30)46-3/h5-19,22,31H,4,20-21,23-24H2,1-3H3,(H,38,42)/t31-/m1/s1. The molecule has 0 saturated heterocycles. The summed E-state index contributed by atoms with van der Waals surface area (Å²) in [4.78, 5) is 29.4. The number of carbonyl (C=O) groups is 2. The average Bonchev–Trinajstić information content (AvgIpc) is 3.08. The minimum absolute atomic E-state index is 0.0246. The summed E-state index contributed by atoms with van der Waals surface area (Å²) in [5, 5.41) is 2.91. The predicted molar refractivity (Wildman–Crippen MR) is 182 cm³/mol. The van der Waals surface area contributed by atoms with Crippen molar-refractivity contribution in [1.29, 1.82) is 0 Å².